The molecule has 202 valence electrons. The van der Waals surface area contributed by atoms with Gasteiger partial charge in [0.05, 0.1) is 13.7 Å². The lowest BCUT2D eigenvalue weighted by Crippen LogP contribution is -2.71. The Morgan fingerprint density at radius 2 is 1.74 bits per heavy atom. The van der Waals surface area contributed by atoms with Crippen molar-refractivity contribution < 1.29 is 19.0 Å². The van der Waals surface area contributed by atoms with Crippen molar-refractivity contribution in [2.45, 2.75) is 49.8 Å². The van der Waals surface area contributed by atoms with Crippen LogP contribution in [0.4, 0.5) is 10.5 Å². The van der Waals surface area contributed by atoms with Gasteiger partial charge < -0.3 is 29.3 Å². The minimum atomic E-state index is -0.695. The summed E-state index contributed by atoms with van der Waals surface area (Å²) >= 11 is 0. The van der Waals surface area contributed by atoms with Crippen molar-refractivity contribution in [1.29, 1.82) is 0 Å². The summed E-state index contributed by atoms with van der Waals surface area (Å²) in [5.41, 5.74) is 2.83. The van der Waals surface area contributed by atoms with Gasteiger partial charge in [-0.25, -0.2) is 4.79 Å². The van der Waals surface area contributed by atoms with Crippen molar-refractivity contribution in [3.63, 3.8) is 0 Å². The van der Waals surface area contributed by atoms with E-state index in [1.807, 2.05) is 55.1 Å². The highest BCUT2D eigenvalue weighted by Gasteiger charge is 2.54. The predicted octanol–water partition coefficient (Wildman–Crippen LogP) is 3.44. The summed E-state index contributed by atoms with van der Waals surface area (Å²) in [6.45, 7) is 6.60. The van der Waals surface area contributed by atoms with Gasteiger partial charge in [-0.2, -0.15) is 0 Å². The number of carbonyl (C=O) groups excluding carboxylic acids is 1. The Morgan fingerprint density at radius 1 is 1.08 bits per heavy atom. The van der Waals surface area contributed by atoms with Crippen LogP contribution < -0.4 is 10.1 Å². The van der Waals surface area contributed by atoms with Crippen molar-refractivity contribution in [3.8, 4) is 18.1 Å². The first-order valence-electron chi connectivity index (χ1n) is 13.2. The number of fused-ring (bicyclic) bond motifs is 2. The number of hydrogen-bond acceptors (Lipinski definition) is 6. The van der Waals surface area contributed by atoms with Gasteiger partial charge in [-0.05, 0) is 69.9 Å². The quantitative estimate of drug-likeness (QED) is 0.612. The van der Waals surface area contributed by atoms with Gasteiger partial charge in [0.1, 0.15) is 18.0 Å². The molecule has 3 fully saturated rings. The van der Waals surface area contributed by atoms with E-state index in [0.717, 1.165) is 30.1 Å². The first kappa shape index (κ1) is 26.5. The van der Waals surface area contributed by atoms with Crippen molar-refractivity contribution in [1.82, 2.24) is 14.7 Å². The molecule has 0 radical (unpaired) electrons. The third-order valence-corrected chi connectivity index (χ3v) is 7.81. The number of hydrogen-bond donors (Lipinski definition) is 1. The maximum absolute atomic E-state index is 13.6. The number of likely N-dealkylation sites (N-methyl/N-ethyl adjacent to an activating group) is 1. The fourth-order valence-corrected chi connectivity index (χ4v) is 6.13. The number of anilines is 1. The summed E-state index contributed by atoms with van der Waals surface area (Å²) in [6, 6.07) is 15.9. The predicted molar refractivity (Wildman–Crippen MR) is 147 cm³/mol. The normalized spacial score (nSPS) is 28.3. The number of benzene rings is 2. The Kier molecular flexibility index (Phi) is 7.38. The lowest BCUT2D eigenvalue weighted by Gasteiger charge is -2.59. The lowest BCUT2D eigenvalue weighted by molar-refractivity contribution is -0.150. The van der Waals surface area contributed by atoms with Gasteiger partial charge in [0, 0.05) is 48.9 Å². The van der Waals surface area contributed by atoms with E-state index in [0.29, 0.717) is 13.1 Å². The van der Waals surface area contributed by atoms with E-state index in [9.17, 15) is 4.79 Å². The van der Waals surface area contributed by atoms with Gasteiger partial charge in [-0.15, -0.1) is 6.42 Å². The number of nitrogens with zero attached hydrogens (tertiary/aromatic N) is 3. The maximum Gasteiger partial charge on any atom is 0.321 e. The van der Waals surface area contributed by atoms with Crippen LogP contribution in [0.1, 0.15) is 30.9 Å². The van der Waals surface area contributed by atoms with Crippen LogP contribution in [0.25, 0.3) is 0 Å². The highest BCUT2D eigenvalue weighted by Crippen LogP contribution is 2.44. The fraction of sp³-hybridized carbons (Fsp3) is 0.500. The minimum absolute atomic E-state index is 0.126. The third kappa shape index (κ3) is 5.38. The minimum Gasteiger partial charge on any atom is -0.497 e. The van der Waals surface area contributed by atoms with Gasteiger partial charge in [0.2, 0.25) is 0 Å². The Bertz CT molecular complexity index is 1170. The highest BCUT2D eigenvalue weighted by atomic mass is 16.8. The molecule has 5 atom stereocenters. The van der Waals surface area contributed by atoms with Gasteiger partial charge >= 0.3 is 6.03 Å². The Balaban J connectivity index is 1.44. The van der Waals surface area contributed by atoms with Gasteiger partial charge in [0.15, 0.2) is 5.79 Å². The molecule has 3 aliphatic rings. The van der Waals surface area contributed by atoms with Crippen molar-refractivity contribution in [2.75, 3.05) is 52.7 Å². The first-order chi connectivity index (χ1) is 18.2. The lowest BCUT2D eigenvalue weighted by atomic mass is 9.73. The van der Waals surface area contributed by atoms with Crippen LogP contribution in [0.3, 0.4) is 0 Å². The van der Waals surface area contributed by atoms with E-state index < -0.39 is 5.79 Å². The average molecular weight is 519 g/mol. The summed E-state index contributed by atoms with van der Waals surface area (Å²) < 4.78 is 17.9. The first-order valence-corrected chi connectivity index (χ1v) is 13.2. The molecule has 3 saturated heterocycles. The summed E-state index contributed by atoms with van der Waals surface area (Å²) in [6.07, 6.45) is 5.28. The van der Waals surface area contributed by atoms with Crippen molar-refractivity contribution in [2.24, 2.45) is 0 Å². The topological polar surface area (TPSA) is 66.5 Å². The average Bonchev–Trinajstić information content (AvgIpc) is 3.17. The summed E-state index contributed by atoms with van der Waals surface area (Å²) in [5.74, 6) is 3.02. The van der Waals surface area contributed by atoms with E-state index in [2.05, 4.69) is 47.3 Å². The van der Waals surface area contributed by atoms with Crippen LogP contribution in [0.5, 0.6) is 5.75 Å². The molecular formula is C30H38N4O4. The molecule has 8 heteroatoms. The van der Waals surface area contributed by atoms with Crippen LogP contribution in [0, 0.1) is 12.3 Å². The molecule has 1 N–H and O–H groups in total. The molecule has 2 amide bonds. The molecule has 0 spiro atoms. The SMILES string of the molecule is C#Cc1ccc([C@H]2[C@@H](CN(C)C)N3C[C@H]4OC(C)(C)O[C@H]4CN(C(=O)Nc4ccc(OC)cc4)C[C@@H]23)cc1. The molecule has 0 aromatic heterocycles. The molecule has 2 aromatic rings. The summed E-state index contributed by atoms with van der Waals surface area (Å²) in [7, 11) is 5.83. The standard InChI is InChI=1S/C30H38N4O4/c1-7-20-8-10-21(11-9-20)28-24(16-32(4)5)34-19-27-26(37-30(2,3)38-27)18-33(17-25(28)34)29(35)31-22-12-14-23(36-6)15-13-22/h1,8-15,24-28H,16-19H2,2-6H3,(H,31,35)/t24-,25+,26+,27-,28+/m1/s1. The Morgan fingerprint density at radius 3 is 2.34 bits per heavy atom. The van der Waals surface area contributed by atoms with Crippen LogP contribution in [-0.2, 0) is 9.47 Å². The zero-order valence-electron chi connectivity index (χ0n) is 22.9. The molecule has 0 bridgehead atoms. The van der Waals surface area contributed by atoms with Crippen LogP contribution in [0.15, 0.2) is 48.5 Å². The molecule has 3 heterocycles. The second-order valence-corrected chi connectivity index (χ2v) is 11.2. The molecule has 0 saturated carbocycles. The third-order valence-electron chi connectivity index (χ3n) is 7.81. The van der Waals surface area contributed by atoms with Crippen molar-refractivity contribution >= 4 is 11.7 Å². The van der Waals surface area contributed by atoms with E-state index in [1.165, 1.54) is 5.56 Å². The monoisotopic (exact) mass is 518 g/mol. The summed E-state index contributed by atoms with van der Waals surface area (Å²) in [4.78, 5) is 20.3. The molecule has 5 rings (SSSR count). The maximum atomic E-state index is 13.6. The van der Waals surface area contributed by atoms with E-state index in [4.69, 9.17) is 20.6 Å². The zero-order chi connectivity index (χ0) is 27.0. The molecule has 3 aliphatic heterocycles. The second kappa shape index (κ2) is 10.6. The Labute approximate surface area is 225 Å². The smallest absolute Gasteiger partial charge is 0.321 e. The van der Waals surface area contributed by atoms with Gasteiger partial charge in [-0.3, -0.25) is 4.90 Å². The molecule has 0 unspecified atom stereocenters. The number of nitrogens with one attached hydrogen (secondary N) is 1. The molecular weight excluding hydrogens is 480 g/mol. The second-order valence-electron chi connectivity index (χ2n) is 11.2. The number of carbonyl (C=O) groups is 1. The van der Waals surface area contributed by atoms with Gasteiger partial charge in [0.25, 0.3) is 0 Å². The molecule has 0 aliphatic carbocycles. The number of urea groups is 1. The largest absolute Gasteiger partial charge is 0.497 e. The van der Waals surface area contributed by atoms with Crippen LogP contribution in [-0.4, -0.2) is 98.2 Å². The van der Waals surface area contributed by atoms with Crippen molar-refractivity contribution in [3.05, 3.63) is 59.7 Å². The number of terminal acetylenes is 1. The number of amides is 2. The number of methoxy groups -OCH3 is 1. The van der Waals surface area contributed by atoms with Crippen LogP contribution >= 0.6 is 0 Å². The van der Waals surface area contributed by atoms with Crippen LogP contribution in [0.2, 0.25) is 0 Å². The van der Waals surface area contributed by atoms with E-state index in [-0.39, 0.29) is 36.2 Å². The van der Waals surface area contributed by atoms with E-state index >= 15 is 0 Å². The molecule has 2 aromatic carbocycles. The molecule has 8 nitrogen and oxygen atoms in total. The summed E-state index contributed by atoms with van der Waals surface area (Å²) in [5, 5.41) is 3.07. The molecule has 38 heavy (non-hydrogen) atoms. The van der Waals surface area contributed by atoms with E-state index in [1.54, 1.807) is 7.11 Å². The fourth-order valence-electron chi connectivity index (χ4n) is 6.13. The Hall–Kier alpha value is -3.09. The highest BCUT2D eigenvalue weighted by molar-refractivity contribution is 5.89. The number of ether oxygens (including phenoxy) is 3. The number of rotatable bonds is 5. The zero-order valence-corrected chi connectivity index (χ0v) is 22.9. The van der Waals surface area contributed by atoms with Gasteiger partial charge in [-0.1, -0.05) is 18.1 Å².